The maximum Gasteiger partial charge on any atom is 0.408 e. The van der Waals surface area contributed by atoms with Crippen LogP contribution in [0.5, 0.6) is 0 Å². The lowest BCUT2D eigenvalue weighted by Crippen LogP contribution is -2.59. The molecule has 0 aliphatic heterocycles. The van der Waals surface area contributed by atoms with Crippen molar-refractivity contribution in [2.24, 2.45) is 0 Å². The first-order valence-electron chi connectivity index (χ1n) is 15.6. The number of amides is 4. The molecular weight excluding hydrogens is 612 g/mol. The topological polar surface area (TPSA) is 144 Å². The number of hydrogen-bond acceptors (Lipinski definition) is 7. The summed E-state index contributed by atoms with van der Waals surface area (Å²) >= 11 is 0. The zero-order valence-corrected chi connectivity index (χ0v) is 28.4. The zero-order chi connectivity index (χ0) is 35.1. The fourth-order valence-electron chi connectivity index (χ4n) is 4.81. The number of ether oxygens (including phenoxy) is 2. The van der Waals surface area contributed by atoms with Crippen molar-refractivity contribution in [3.63, 3.8) is 0 Å². The van der Waals surface area contributed by atoms with Gasteiger partial charge in [-0.2, -0.15) is 5.10 Å². The van der Waals surface area contributed by atoms with Crippen LogP contribution in [0.2, 0.25) is 0 Å². The van der Waals surface area contributed by atoms with Crippen molar-refractivity contribution in [1.29, 1.82) is 0 Å². The van der Waals surface area contributed by atoms with Crippen LogP contribution in [0, 0.1) is 0 Å². The number of benzene rings is 3. The SMILES string of the molecule is CN(C)C(=O)C(c1ccc2ccccc2c1)n1cc(NC(=O)C(COCc2ccccc2)NC(=O)C(C)(C)NC(=O)OC(C)(C)C)cn1. The van der Waals surface area contributed by atoms with Crippen LogP contribution in [0.1, 0.15) is 51.8 Å². The molecule has 4 amide bonds. The minimum atomic E-state index is -1.43. The van der Waals surface area contributed by atoms with Gasteiger partial charge < -0.3 is 30.3 Å². The molecule has 12 heteroatoms. The van der Waals surface area contributed by atoms with Crippen LogP contribution >= 0.6 is 0 Å². The van der Waals surface area contributed by atoms with E-state index in [9.17, 15) is 19.2 Å². The van der Waals surface area contributed by atoms with Gasteiger partial charge in [-0.15, -0.1) is 0 Å². The second-order valence-electron chi connectivity index (χ2n) is 13.2. The molecule has 2 atom stereocenters. The quantitative estimate of drug-likeness (QED) is 0.201. The Morgan fingerprint density at radius 1 is 0.896 bits per heavy atom. The first kappa shape index (κ1) is 35.6. The molecule has 4 aromatic rings. The third-order valence-corrected chi connectivity index (χ3v) is 7.30. The van der Waals surface area contributed by atoms with Gasteiger partial charge in [0.25, 0.3) is 5.91 Å². The van der Waals surface area contributed by atoms with Gasteiger partial charge in [-0.3, -0.25) is 19.1 Å². The fourth-order valence-corrected chi connectivity index (χ4v) is 4.81. The minimum absolute atomic E-state index is 0.165. The Labute approximate surface area is 280 Å². The summed E-state index contributed by atoms with van der Waals surface area (Å²) in [4.78, 5) is 54.3. The van der Waals surface area contributed by atoms with E-state index in [2.05, 4.69) is 21.0 Å². The maximum absolute atomic E-state index is 13.6. The number of carbonyl (C=O) groups excluding carboxylic acids is 4. The molecule has 254 valence electrons. The van der Waals surface area contributed by atoms with Gasteiger partial charge in [-0.25, -0.2) is 4.79 Å². The second-order valence-corrected chi connectivity index (χ2v) is 13.2. The van der Waals surface area contributed by atoms with Crippen LogP contribution in [0.3, 0.4) is 0 Å². The van der Waals surface area contributed by atoms with E-state index in [1.54, 1.807) is 41.1 Å². The van der Waals surface area contributed by atoms with Crippen LogP contribution in [0.4, 0.5) is 10.5 Å². The van der Waals surface area contributed by atoms with Crippen LogP contribution in [-0.4, -0.2) is 76.4 Å². The number of hydrogen-bond donors (Lipinski definition) is 3. The summed E-state index contributed by atoms with van der Waals surface area (Å²) in [6, 6.07) is 21.1. The zero-order valence-electron chi connectivity index (χ0n) is 28.4. The van der Waals surface area contributed by atoms with Crippen molar-refractivity contribution in [2.75, 3.05) is 26.0 Å². The largest absolute Gasteiger partial charge is 0.444 e. The molecule has 48 heavy (non-hydrogen) atoms. The number of alkyl carbamates (subject to hydrolysis) is 1. The van der Waals surface area contributed by atoms with E-state index in [4.69, 9.17) is 9.47 Å². The van der Waals surface area contributed by atoms with Crippen LogP contribution in [0.25, 0.3) is 10.8 Å². The molecular formula is C36H44N6O6. The van der Waals surface area contributed by atoms with Gasteiger partial charge in [0.05, 0.1) is 25.1 Å². The minimum Gasteiger partial charge on any atom is -0.444 e. The van der Waals surface area contributed by atoms with E-state index in [1.807, 2.05) is 72.8 Å². The highest BCUT2D eigenvalue weighted by molar-refractivity contribution is 5.99. The predicted octanol–water partition coefficient (Wildman–Crippen LogP) is 4.66. The number of nitrogens with one attached hydrogen (secondary N) is 3. The van der Waals surface area contributed by atoms with E-state index in [1.165, 1.54) is 29.6 Å². The first-order chi connectivity index (χ1) is 22.6. The highest BCUT2D eigenvalue weighted by Crippen LogP contribution is 2.26. The lowest BCUT2D eigenvalue weighted by atomic mass is 10.0. The van der Waals surface area contributed by atoms with Gasteiger partial charge in [0.1, 0.15) is 17.2 Å². The van der Waals surface area contributed by atoms with Gasteiger partial charge in [-0.1, -0.05) is 66.7 Å². The average Bonchev–Trinajstić information content (AvgIpc) is 3.47. The predicted molar refractivity (Wildman–Crippen MR) is 183 cm³/mol. The summed E-state index contributed by atoms with van der Waals surface area (Å²) in [5.41, 5.74) is -0.260. The molecule has 3 aromatic carbocycles. The number of anilines is 1. The number of carbonyl (C=O) groups is 4. The highest BCUT2D eigenvalue weighted by atomic mass is 16.6. The molecule has 1 heterocycles. The Balaban J connectivity index is 1.53. The molecule has 0 saturated carbocycles. The Hall–Kier alpha value is -5.23. The Bertz CT molecular complexity index is 1740. The van der Waals surface area contributed by atoms with Crippen molar-refractivity contribution in [3.8, 4) is 0 Å². The van der Waals surface area contributed by atoms with Gasteiger partial charge in [-0.05, 0) is 62.6 Å². The van der Waals surface area contributed by atoms with E-state index in [-0.39, 0.29) is 19.1 Å². The number of rotatable bonds is 12. The Morgan fingerprint density at radius 3 is 2.23 bits per heavy atom. The monoisotopic (exact) mass is 656 g/mol. The van der Waals surface area contributed by atoms with Crippen LogP contribution in [-0.2, 0) is 30.5 Å². The molecule has 0 radical (unpaired) electrons. The molecule has 0 aliphatic carbocycles. The molecule has 1 aromatic heterocycles. The smallest absolute Gasteiger partial charge is 0.408 e. The van der Waals surface area contributed by atoms with Crippen molar-refractivity contribution in [2.45, 2.75) is 64.4 Å². The van der Waals surface area contributed by atoms with Gasteiger partial charge >= 0.3 is 6.09 Å². The van der Waals surface area contributed by atoms with Crippen molar-refractivity contribution < 1.29 is 28.7 Å². The van der Waals surface area contributed by atoms with E-state index < -0.39 is 41.1 Å². The summed E-state index contributed by atoms with van der Waals surface area (Å²) in [6.45, 7) is 8.20. The van der Waals surface area contributed by atoms with E-state index in [0.29, 0.717) is 5.69 Å². The summed E-state index contributed by atoms with van der Waals surface area (Å²) in [5.74, 6) is -1.41. The van der Waals surface area contributed by atoms with Gasteiger partial charge in [0, 0.05) is 20.3 Å². The lowest BCUT2D eigenvalue weighted by Gasteiger charge is -2.29. The molecule has 12 nitrogen and oxygen atoms in total. The summed E-state index contributed by atoms with van der Waals surface area (Å²) < 4.78 is 12.6. The van der Waals surface area contributed by atoms with Crippen molar-refractivity contribution >= 4 is 40.3 Å². The van der Waals surface area contributed by atoms with Crippen LogP contribution < -0.4 is 16.0 Å². The van der Waals surface area contributed by atoms with Gasteiger partial charge in [0.2, 0.25) is 11.8 Å². The molecule has 0 spiro atoms. The summed E-state index contributed by atoms with van der Waals surface area (Å²) in [6.07, 6.45) is 2.23. The summed E-state index contributed by atoms with van der Waals surface area (Å²) in [7, 11) is 3.34. The third-order valence-electron chi connectivity index (χ3n) is 7.30. The van der Waals surface area contributed by atoms with Crippen molar-refractivity contribution in [1.82, 2.24) is 25.3 Å². The molecule has 0 bridgehead atoms. The van der Waals surface area contributed by atoms with Crippen molar-refractivity contribution in [3.05, 3.63) is 96.3 Å². The summed E-state index contributed by atoms with van der Waals surface area (Å²) in [5, 5.41) is 14.5. The molecule has 3 N–H and O–H groups in total. The third kappa shape index (κ3) is 9.64. The number of aromatic nitrogens is 2. The number of fused-ring (bicyclic) bond motifs is 1. The highest BCUT2D eigenvalue weighted by Gasteiger charge is 2.35. The van der Waals surface area contributed by atoms with E-state index >= 15 is 0 Å². The Kier molecular flexibility index (Phi) is 11.2. The fraction of sp³-hybridized carbons (Fsp3) is 0.361. The van der Waals surface area contributed by atoms with Gasteiger partial charge in [0.15, 0.2) is 6.04 Å². The van der Waals surface area contributed by atoms with Crippen LogP contribution in [0.15, 0.2) is 85.2 Å². The standard InChI is InChI=1S/C36H44N6O6/c1-35(2,3)48-34(46)40-36(4,5)33(45)39-29(23-47-22-24-13-9-8-10-14-24)31(43)38-28-20-37-42(21-28)30(32(44)41(6)7)27-18-17-25-15-11-12-16-26(25)19-27/h8-21,29-30H,22-23H2,1-7H3,(H,38,43)(H,39,45)(H,40,46). The molecule has 2 unspecified atom stereocenters. The Morgan fingerprint density at radius 2 is 1.56 bits per heavy atom. The first-order valence-corrected chi connectivity index (χ1v) is 15.6. The molecule has 0 saturated heterocycles. The van der Waals surface area contributed by atoms with E-state index in [0.717, 1.165) is 21.9 Å². The molecule has 4 rings (SSSR count). The lowest BCUT2D eigenvalue weighted by molar-refractivity contribution is -0.131. The number of nitrogens with zero attached hydrogens (tertiary/aromatic N) is 3. The second kappa shape index (κ2) is 15.1. The number of likely N-dealkylation sites (N-methyl/N-ethyl adjacent to an activating group) is 1. The molecule has 0 fully saturated rings. The maximum atomic E-state index is 13.6. The molecule has 0 aliphatic rings. The average molecular weight is 657 g/mol. The normalized spacial score (nSPS) is 12.9.